The van der Waals surface area contributed by atoms with Crippen molar-refractivity contribution in [3.05, 3.63) is 59.7 Å². The van der Waals surface area contributed by atoms with Crippen LogP contribution in [-0.4, -0.2) is 78.2 Å². The third-order valence-corrected chi connectivity index (χ3v) is 7.23. The molecule has 0 heterocycles. The van der Waals surface area contributed by atoms with E-state index < -0.39 is 47.4 Å². The fraction of sp³-hybridized carbons (Fsp3) is 0.500. The van der Waals surface area contributed by atoms with Crippen LogP contribution in [0.25, 0.3) is 11.1 Å². The van der Waals surface area contributed by atoms with E-state index in [9.17, 15) is 24.0 Å². The minimum absolute atomic E-state index is 0.0215. The standard InChI is InChI=1S/C36H49N5O9/c1-35(2,3)49-33(46)40-31(41-34(47)50-36(4,5)6)38-21-13-18-28(30(44)37-20-12-11-19-29(42)43)39-32(45)48-22-27-25-16-9-7-14-23(25)24-15-8-10-17-26(24)27/h7-10,14-17,27-28H,11-13,18-22H2,1-6H3,(H,37,44)(H,39,45)(H,42,43)(H2,38,40,41,46,47)/t28-/m0/s1. The smallest absolute Gasteiger partial charge is 0.414 e. The summed E-state index contributed by atoms with van der Waals surface area (Å²) >= 11 is 0. The van der Waals surface area contributed by atoms with Crippen LogP contribution in [-0.2, 0) is 23.8 Å². The van der Waals surface area contributed by atoms with Gasteiger partial charge in [-0.05, 0) is 89.5 Å². The first-order valence-corrected chi connectivity index (χ1v) is 16.7. The summed E-state index contributed by atoms with van der Waals surface area (Å²) in [6.07, 6.45) is -1.29. The Morgan fingerprint density at radius 2 is 1.32 bits per heavy atom. The van der Waals surface area contributed by atoms with E-state index >= 15 is 0 Å². The molecule has 0 bridgehead atoms. The van der Waals surface area contributed by atoms with E-state index in [-0.39, 0.29) is 50.8 Å². The lowest BCUT2D eigenvalue weighted by molar-refractivity contribution is -0.137. The summed E-state index contributed by atoms with van der Waals surface area (Å²) in [5.74, 6) is -1.78. The van der Waals surface area contributed by atoms with Gasteiger partial charge in [0.2, 0.25) is 11.9 Å². The third-order valence-electron chi connectivity index (χ3n) is 7.23. The Bertz CT molecular complexity index is 1470. The van der Waals surface area contributed by atoms with E-state index in [0.717, 1.165) is 22.3 Å². The average Bonchev–Trinajstić information content (AvgIpc) is 3.32. The van der Waals surface area contributed by atoms with Crippen molar-refractivity contribution in [2.45, 2.75) is 96.8 Å². The van der Waals surface area contributed by atoms with E-state index in [2.05, 4.69) is 26.3 Å². The van der Waals surface area contributed by atoms with Crippen molar-refractivity contribution < 1.29 is 43.3 Å². The molecule has 14 heteroatoms. The predicted octanol–water partition coefficient (Wildman–Crippen LogP) is 5.45. The zero-order valence-electron chi connectivity index (χ0n) is 29.6. The largest absolute Gasteiger partial charge is 0.481 e. The van der Waals surface area contributed by atoms with Crippen LogP contribution < -0.4 is 21.3 Å². The minimum atomic E-state index is -1.01. The summed E-state index contributed by atoms with van der Waals surface area (Å²) in [5.41, 5.74) is 2.65. The summed E-state index contributed by atoms with van der Waals surface area (Å²) in [7, 11) is 0. The molecular formula is C36H49N5O9. The molecule has 0 aromatic heterocycles. The Balaban J connectivity index is 1.66. The first-order chi connectivity index (χ1) is 23.5. The molecule has 0 aliphatic heterocycles. The number of carboxylic acid groups (broad SMARTS) is 1. The van der Waals surface area contributed by atoms with E-state index in [4.69, 9.17) is 19.3 Å². The number of rotatable bonds is 13. The molecule has 0 radical (unpaired) electrons. The van der Waals surface area contributed by atoms with Crippen molar-refractivity contribution >= 4 is 36.1 Å². The van der Waals surface area contributed by atoms with Crippen molar-refractivity contribution in [3.63, 3.8) is 0 Å². The summed E-state index contributed by atoms with van der Waals surface area (Å²) < 4.78 is 16.2. The molecule has 5 N–H and O–H groups in total. The van der Waals surface area contributed by atoms with Crippen molar-refractivity contribution in [3.8, 4) is 11.1 Å². The number of hydrogen-bond acceptors (Lipinski definition) is 9. The lowest BCUT2D eigenvalue weighted by Gasteiger charge is -2.22. The maximum atomic E-state index is 13.2. The SMILES string of the molecule is CC(C)(C)OC(=O)NC(=NCCC[C@H](NC(=O)OCC1c2ccccc2-c2ccccc21)C(=O)NCCCCC(=O)O)NC(=O)OC(C)(C)C. The number of ether oxygens (including phenoxy) is 3. The molecule has 0 saturated carbocycles. The number of aliphatic imine (C=N–C) groups is 1. The zero-order chi connectivity index (χ0) is 36.9. The molecule has 272 valence electrons. The van der Waals surface area contributed by atoms with Gasteiger partial charge in [-0.25, -0.2) is 14.4 Å². The highest BCUT2D eigenvalue weighted by Crippen LogP contribution is 2.44. The molecule has 1 aliphatic rings. The maximum Gasteiger partial charge on any atom is 0.414 e. The number of hydrogen-bond donors (Lipinski definition) is 5. The average molecular weight is 696 g/mol. The second-order valence-electron chi connectivity index (χ2n) is 13.8. The Morgan fingerprint density at radius 3 is 1.84 bits per heavy atom. The van der Waals surface area contributed by atoms with Gasteiger partial charge < -0.3 is 30.0 Å². The number of carbonyl (C=O) groups is 5. The summed E-state index contributed by atoms with van der Waals surface area (Å²) in [6, 6.07) is 14.9. The number of amides is 4. The summed E-state index contributed by atoms with van der Waals surface area (Å²) in [5, 5.41) is 19.1. The van der Waals surface area contributed by atoms with Gasteiger partial charge in [0.15, 0.2) is 0 Å². The first kappa shape index (κ1) is 39.3. The van der Waals surface area contributed by atoms with Crippen LogP contribution in [0.15, 0.2) is 53.5 Å². The number of carbonyl (C=O) groups excluding carboxylic acids is 4. The Kier molecular flexibility index (Phi) is 14.2. The van der Waals surface area contributed by atoms with Gasteiger partial charge in [-0.1, -0.05) is 48.5 Å². The fourth-order valence-electron chi connectivity index (χ4n) is 5.18. The second kappa shape index (κ2) is 18.0. The molecule has 4 amide bonds. The molecule has 14 nitrogen and oxygen atoms in total. The number of nitrogens with one attached hydrogen (secondary N) is 4. The predicted molar refractivity (Wildman–Crippen MR) is 187 cm³/mol. The number of carboxylic acids is 1. The Labute approximate surface area is 292 Å². The minimum Gasteiger partial charge on any atom is -0.481 e. The van der Waals surface area contributed by atoms with Crippen LogP contribution in [0.4, 0.5) is 14.4 Å². The monoisotopic (exact) mass is 695 g/mol. The van der Waals surface area contributed by atoms with Gasteiger partial charge in [0, 0.05) is 25.4 Å². The number of guanidine groups is 1. The molecule has 50 heavy (non-hydrogen) atoms. The van der Waals surface area contributed by atoms with E-state index in [0.29, 0.717) is 12.8 Å². The van der Waals surface area contributed by atoms with Crippen LogP contribution >= 0.6 is 0 Å². The highest BCUT2D eigenvalue weighted by Gasteiger charge is 2.30. The fourth-order valence-corrected chi connectivity index (χ4v) is 5.18. The van der Waals surface area contributed by atoms with Crippen molar-refractivity contribution in [2.24, 2.45) is 4.99 Å². The molecule has 2 aromatic rings. The topological polar surface area (TPSA) is 194 Å². The quantitative estimate of drug-likeness (QED) is 0.0784. The van der Waals surface area contributed by atoms with E-state index in [1.807, 2.05) is 48.5 Å². The van der Waals surface area contributed by atoms with Gasteiger partial charge in [0.1, 0.15) is 23.9 Å². The lowest BCUT2D eigenvalue weighted by Crippen LogP contribution is -2.48. The van der Waals surface area contributed by atoms with Crippen molar-refractivity contribution in [1.29, 1.82) is 0 Å². The van der Waals surface area contributed by atoms with Crippen LogP contribution in [0.5, 0.6) is 0 Å². The molecule has 0 unspecified atom stereocenters. The number of benzene rings is 2. The highest BCUT2D eigenvalue weighted by molar-refractivity contribution is 6.01. The van der Waals surface area contributed by atoms with E-state index in [1.54, 1.807) is 41.5 Å². The number of aliphatic carboxylic acids is 1. The van der Waals surface area contributed by atoms with Gasteiger partial charge in [-0.15, -0.1) is 0 Å². The molecule has 0 spiro atoms. The Morgan fingerprint density at radius 1 is 0.780 bits per heavy atom. The molecule has 1 aliphatic carbocycles. The molecule has 0 saturated heterocycles. The second-order valence-corrected chi connectivity index (χ2v) is 13.8. The number of nitrogens with zero attached hydrogens (tertiary/aromatic N) is 1. The van der Waals surface area contributed by atoms with Crippen LogP contribution in [0.2, 0.25) is 0 Å². The van der Waals surface area contributed by atoms with Crippen LogP contribution in [0.1, 0.15) is 90.7 Å². The number of alkyl carbamates (subject to hydrolysis) is 3. The maximum absolute atomic E-state index is 13.2. The lowest BCUT2D eigenvalue weighted by atomic mass is 9.98. The molecule has 3 rings (SSSR count). The van der Waals surface area contributed by atoms with Gasteiger partial charge >= 0.3 is 24.2 Å². The normalized spacial score (nSPS) is 12.8. The van der Waals surface area contributed by atoms with Crippen molar-refractivity contribution in [2.75, 3.05) is 19.7 Å². The third kappa shape index (κ3) is 13.4. The van der Waals surface area contributed by atoms with Gasteiger partial charge in [0.25, 0.3) is 0 Å². The summed E-state index contributed by atoms with van der Waals surface area (Å²) in [4.78, 5) is 66.2. The molecule has 2 aromatic carbocycles. The van der Waals surface area contributed by atoms with Crippen LogP contribution in [0, 0.1) is 0 Å². The van der Waals surface area contributed by atoms with E-state index in [1.165, 1.54) is 0 Å². The van der Waals surface area contributed by atoms with Gasteiger partial charge in [-0.2, -0.15) is 0 Å². The molecular weight excluding hydrogens is 646 g/mol. The zero-order valence-corrected chi connectivity index (χ0v) is 29.6. The van der Waals surface area contributed by atoms with Gasteiger partial charge in [0.05, 0.1) is 0 Å². The number of fused-ring (bicyclic) bond motifs is 3. The molecule has 0 fully saturated rings. The highest BCUT2D eigenvalue weighted by atomic mass is 16.6. The summed E-state index contributed by atoms with van der Waals surface area (Å²) in [6.45, 7) is 10.4. The first-order valence-electron chi connectivity index (χ1n) is 16.7. The van der Waals surface area contributed by atoms with Crippen molar-refractivity contribution in [1.82, 2.24) is 21.3 Å². The number of unbranched alkanes of at least 4 members (excludes halogenated alkanes) is 1. The van der Waals surface area contributed by atoms with Gasteiger partial charge in [-0.3, -0.25) is 25.2 Å². The Hall–Kier alpha value is -5.14. The molecule has 1 atom stereocenters. The van der Waals surface area contributed by atoms with Crippen LogP contribution in [0.3, 0.4) is 0 Å².